The van der Waals surface area contributed by atoms with E-state index in [1.54, 1.807) is 11.3 Å². The molecule has 1 atom stereocenters. The number of rotatable bonds is 11. The Morgan fingerprint density at radius 3 is 2.24 bits per heavy atom. The van der Waals surface area contributed by atoms with Crippen LogP contribution in [0.15, 0.2) is 29.6 Å². The lowest BCUT2D eigenvalue weighted by molar-refractivity contribution is -0.135. The van der Waals surface area contributed by atoms with Crippen LogP contribution in [0, 0.1) is 0 Å². The summed E-state index contributed by atoms with van der Waals surface area (Å²) in [5, 5.41) is 9.80. The third-order valence-corrected chi connectivity index (χ3v) is 11.1. The molecule has 1 aromatic carbocycles. The van der Waals surface area contributed by atoms with Crippen molar-refractivity contribution in [3.63, 3.8) is 0 Å². The van der Waals surface area contributed by atoms with Gasteiger partial charge >= 0.3 is 6.03 Å². The average molecular weight is 638 g/mol. The Morgan fingerprint density at radius 1 is 0.889 bits per heavy atom. The minimum absolute atomic E-state index is 0.0493. The van der Waals surface area contributed by atoms with Gasteiger partial charge in [-0.1, -0.05) is 32.0 Å². The van der Waals surface area contributed by atoms with Gasteiger partial charge in [0.05, 0.1) is 5.00 Å². The first-order valence-electron chi connectivity index (χ1n) is 17.3. The molecule has 0 spiro atoms. The summed E-state index contributed by atoms with van der Waals surface area (Å²) in [5.74, 6) is 0.0493. The van der Waals surface area contributed by atoms with Crippen molar-refractivity contribution < 1.29 is 9.59 Å². The number of nitrogen functional groups attached to an aromatic ring is 1. The van der Waals surface area contributed by atoms with Crippen molar-refractivity contribution in [3.05, 3.63) is 51.9 Å². The van der Waals surface area contributed by atoms with Crippen LogP contribution in [0.5, 0.6) is 0 Å². The highest BCUT2D eigenvalue weighted by Crippen LogP contribution is 2.21. The highest BCUT2D eigenvalue weighted by atomic mass is 32.1. The molecule has 45 heavy (non-hydrogen) atoms. The summed E-state index contributed by atoms with van der Waals surface area (Å²) < 4.78 is 0. The van der Waals surface area contributed by atoms with Crippen LogP contribution in [-0.4, -0.2) is 116 Å². The first-order chi connectivity index (χ1) is 21.8. The maximum Gasteiger partial charge on any atom is 0.318 e. The van der Waals surface area contributed by atoms with Gasteiger partial charge in [-0.25, -0.2) is 4.79 Å². The van der Waals surface area contributed by atoms with Gasteiger partial charge in [0.15, 0.2) is 0 Å². The minimum atomic E-state index is -0.573. The van der Waals surface area contributed by atoms with Crippen molar-refractivity contribution >= 4 is 28.3 Å². The largest absolute Gasteiger partial charge is 0.390 e. The number of benzene rings is 1. The molecule has 3 saturated heterocycles. The van der Waals surface area contributed by atoms with Gasteiger partial charge in [0.2, 0.25) is 5.91 Å². The molecule has 3 amide bonds. The van der Waals surface area contributed by atoms with E-state index in [0.717, 1.165) is 88.5 Å². The Bertz CT molecular complexity index is 1240. The number of hydrogen-bond donors (Lipinski definition) is 3. The molecule has 2 aromatic rings. The first-order valence-corrected chi connectivity index (χ1v) is 18.1. The quantitative estimate of drug-likeness (QED) is 0.349. The van der Waals surface area contributed by atoms with Gasteiger partial charge in [-0.3, -0.25) is 9.69 Å². The zero-order chi connectivity index (χ0) is 31.8. The Hall–Kier alpha value is -2.66. The van der Waals surface area contributed by atoms with Gasteiger partial charge in [0.25, 0.3) is 0 Å². The molecule has 0 radical (unpaired) electrons. The Morgan fingerprint density at radius 2 is 1.60 bits per heavy atom. The van der Waals surface area contributed by atoms with E-state index < -0.39 is 6.04 Å². The average Bonchev–Trinajstić information content (AvgIpc) is 3.48. The van der Waals surface area contributed by atoms with Gasteiger partial charge < -0.3 is 31.1 Å². The van der Waals surface area contributed by atoms with Crippen molar-refractivity contribution in [2.45, 2.75) is 83.3 Å². The molecule has 0 aliphatic carbocycles. The Labute approximate surface area is 274 Å². The number of urea groups is 1. The molecule has 3 aliphatic heterocycles. The first kappa shape index (κ1) is 33.7. The number of likely N-dealkylation sites (tertiary alicyclic amines) is 2. The molecular formula is C35H55N7O2S. The van der Waals surface area contributed by atoms with E-state index in [0.29, 0.717) is 31.6 Å². The lowest BCUT2D eigenvalue weighted by Gasteiger charge is -2.43. The summed E-state index contributed by atoms with van der Waals surface area (Å²) in [4.78, 5) is 36.5. The number of piperidine rings is 2. The highest BCUT2D eigenvalue weighted by Gasteiger charge is 2.33. The number of nitrogens with zero attached hydrogens (tertiary/aromatic N) is 4. The fourth-order valence-electron chi connectivity index (χ4n) is 7.30. The molecular weight excluding hydrogens is 582 g/mol. The topological polar surface area (TPSA) is 97.2 Å². The monoisotopic (exact) mass is 637 g/mol. The number of anilines is 1. The van der Waals surface area contributed by atoms with Crippen LogP contribution >= 0.6 is 11.3 Å². The SMILES string of the molecule is CCc1ccc(C[C@@H](NC(=O)N2CCC(NCCc3ccsc3N)CC2)C(=O)N2CCN(C3CCN(C)CC3)CC2)cc1CC. The van der Waals surface area contributed by atoms with Gasteiger partial charge in [0.1, 0.15) is 6.04 Å². The third-order valence-electron chi connectivity index (χ3n) is 10.3. The van der Waals surface area contributed by atoms with E-state index in [2.05, 4.69) is 65.6 Å². The molecule has 9 nitrogen and oxygen atoms in total. The molecule has 0 unspecified atom stereocenters. The summed E-state index contributed by atoms with van der Waals surface area (Å²) in [6, 6.07) is 8.99. The number of piperazine rings is 1. The van der Waals surface area contributed by atoms with Crippen molar-refractivity contribution in [1.82, 2.24) is 30.2 Å². The Kier molecular flexibility index (Phi) is 12.2. The maximum atomic E-state index is 14.1. The fourth-order valence-corrected chi connectivity index (χ4v) is 8.00. The molecule has 0 bridgehead atoms. The molecule has 3 aliphatic rings. The second kappa shape index (κ2) is 16.3. The fraction of sp³-hybridized carbons (Fsp3) is 0.657. The molecule has 4 N–H and O–H groups in total. The van der Waals surface area contributed by atoms with E-state index in [1.165, 1.54) is 29.5 Å². The summed E-state index contributed by atoms with van der Waals surface area (Å²) in [6.07, 6.45) is 7.61. The van der Waals surface area contributed by atoms with Gasteiger partial charge in [-0.15, -0.1) is 11.3 Å². The van der Waals surface area contributed by atoms with E-state index in [-0.39, 0.29) is 11.9 Å². The third kappa shape index (κ3) is 8.99. The van der Waals surface area contributed by atoms with Crippen LogP contribution in [0.25, 0.3) is 0 Å². The summed E-state index contributed by atoms with van der Waals surface area (Å²) in [5.41, 5.74) is 11.1. The van der Waals surface area contributed by atoms with Crippen LogP contribution in [0.2, 0.25) is 0 Å². The highest BCUT2D eigenvalue weighted by molar-refractivity contribution is 7.14. The second-order valence-electron chi connectivity index (χ2n) is 13.2. The molecule has 5 rings (SSSR count). The molecule has 10 heteroatoms. The maximum absolute atomic E-state index is 14.1. The number of aryl methyl sites for hydroxylation is 2. The van der Waals surface area contributed by atoms with Gasteiger partial charge in [-0.2, -0.15) is 0 Å². The number of thiophene rings is 1. The standard InChI is InChI=1S/C35H55N7O2S/c1-4-27-7-6-26(24-28(27)5-2)25-32(34(43)41-21-19-40(20-22-41)31-11-15-39(3)16-12-31)38-35(44)42-17-9-30(10-18-42)37-14-8-29-13-23-45-33(29)36/h6-7,13,23-24,30-32,37H,4-5,8-12,14-22,25,36H2,1-3H3,(H,38,44)/t32-/m1/s1. The van der Waals surface area contributed by atoms with E-state index in [9.17, 15) is 9.59 Å². The van der Waals surface area contributed by atoms with Crippen LogP contribution < -0.4 is 16.4 Å². The van der Waals surface area contributed by atoms with Crippen molar-refractivity contribution in [1.29, 1.82) is 0 Å². The van der Waals surface area contributed by atoms with E-state index in [4.69, 9.17) is 5.73 Å². The van der Waals surface area contributed by atoms with E-state index >= 15 is 0 Å². The predicted molar refractivity (Wildman–Crippen MR) is 185 cm³/mol. The van der Waals surface area contributed by atoms with Crippen molar-refractivity contribution in [2.24, 2.45) is 0 Å². The predicted octanol–water partition coefficient (Wildman–Crippen LogP) is 3.61. The summed E-state index contributed by atoms with van der Waals surface area (Å²) >= 11 is 1.59. The van der Waals surface area contributed by atoms with Crippen LogP contribution in [0.3, 0.4) is 0 Å². The number of carbonyl (C=O) groups is 2. The van der Waals surface area contributed by atoms with Crippen LogP contribution in [-0.2, 0) is 30.5 Å². The van der Waals surface area contributed by atoms with Crippen LogP contribution in [0.1, 0.15) is 61.8 Å². The molecule has 0 saturated carbocycles. The van der Waals surface area contributed by atoms with E-state index in [1.807, 2.05) is 15.2 Å². The molecule has 248 valence electrons. The number of hydrogen-bond acceptors (Lipinski definition) is 7. The number of amides is 3. The molecule has 4 heterocycles. The molecule has 3 fully saturated rings. The minimum Gasteiger partial charge on any atom is -0.390 e. The molecule has 1 aromatic heterocycles. The summed E-state index contributed by atoms with van der Waals surface area (Å²) in [6.45, 7) is 12.2. The van der Waals surface area contributed by atoms with Crippen LogP contribution in [0.4, 0.5) is 9.80 Å². The Balaban J connectivity index is 1.17. The number of carbonyl (C=O) groups excluding carboxylic acids is 2. The lowest BCUT2D eigenvalue weighted by Crippen LogP contribution is -2.59. The smallest absolute Gasteiger partial charge is 0.318 e. The zero-order valence-corrected chi connectivity index (χ0v) is 28.5. The van der Waals surface area contributed by atoms with Gasteiger partial charge in [-0.05, 0) is 105 Å². The van der Waals surface area contributed by atoms with Gasteiger partial charge in [0, 0.05) is 57.8 Å². The lowest BCUT2D eigenvalue weighted by atomic mass is 9.96. The zero-order valence-electron chi connectivity index (χ0n) is 27.7. The normalized spacial score (nSPS) is 20.0. The van der Waals surface area contributed by atoms with Crippen molar-refractivity contribution in [3.8, 4) is 0 Å². The van der Waals surface area contributed by atoms with Crippen molar-refractivity contribution in [2.75, 3.05) is 71.7 Å². The summed E-state index contributed by atoms with van der Waals surface area (Å²) in [7, 11) is 2.20. The second-order valence-corrected chi connectivity index (χ2v) is 14.1. The number of nitrogens with two attached hydrogens (primary N) is 1. The number of nitrogens with one attached hydrogen (secondary N) is 2.